The van der Waals surface area contributed by atoms with Crippen LogP contribution in [0.15, 0.2) is 0 Å². The Balaban J connectivity index is 3.30. The zero-order valence-corrected chi connectivity index (χ0v) is 9.00. The fourth-order valence-electron chi connectivity index (χ4n) is 1.07. The molecule has 1 atom stereocenters. The lowest BCUT2D eigenvalue weighted by Crippen LogP contribution is -2.29. The third kappa shape index (κ3) is 6.91. The molecule has 0 aliphatic rings. The van der Waals surface area contributed by atoms with E-state index >= 15 is 0 Å². The number of nitrogens with two attached hydrogens (primary N) is 1. The highest BCUT2D eigenvalue weighted by Gasteiger charge is 2.09. The van der Waals surface area contributed by atoms with Crippen molar-refractivity contribution < 1.29 is 14.7 Å². The van der Waals surface area contributed by atoms with Crippen molar-refractivity contribution in [3.05, 3.63) is 0 Å². The highest BCUT2D eigenvalue weighted by Crippen LogP contribution is 2.05. The summed E-state index contributed by atoms with van der Waals surface area (Å²) in [5, 5.41) is 8.48. The molecule has 0 spiro atoms. The van der Waals surface area contributed by atoms with Crippen molar-refractivity contribution >= 4 is 24.4 Å². The molecule has 0 saturated carbocycles. The smallest absolute Gasteiger partial charge is 0.320 e. The number of ketones is 1. The van der Waals surface area contributed by atoms with Gasteiger partial charge in [0.15, 0.2) is 0 Å². The maximum Gasteiger partial charge on any atom is 0.320 e. The van der Waals surface area contributed by atoms with Crippen LogP contribution in [0.1, 0.15) is 32.1 Å². The molecule has 14 heavy (non-hydrogen) atoms. The fourth-order valence-corrected chi connectivity index (χ4v) is 1.22. The van der Waals surface area contributed by atoms with E-state index in [0.29, 0.717) is 12.8 Å². The first kappa shape index (κ1) is 13.4. The predicted molar refractivity (Wildman–Crippen MR) is 57.6 cm³/mol. The number of carbonyl (C=O) groups excluding carboxylic acids is 1. The minimum atomic E-state index is -0.962. The van der Waals surface area contributed by atoms with Gasteiger partial charge in [0, 0.05) is 12.2 Å². The van der Waals surface area contributed by atoms with Gasteiger partial charge in [0.25, 0.3) is 0 Å². The van der Waals surface area contributed by atoms with E-state index in [1.165, 1.54) is 0 Å². The SMILES string of the molecule is NC(CCCCCC(=O)CS)C(=O)O. The van der Waals surface area contributed by atoms with E-state index in [-0.39, 0.29) is 11.5 Å². The van der Waals surface area contributed by atoms with Crippen LogP contribution in [0, 0.1) is 0 Å². The molecule has 0 fully saturated rings. The first-order chi connectivity index (χ1) is 6.57. The number of hydrogen-bond donors (Lipinski definition) is 3. The second-order valence-electron chi connectivity index (χ2n) is 3.24. The molecule has 0 heterocycles. The molecule has 0 radical (unpaired) electrons. The van der Waals surface area contributed by atoms with Crippen molar-refractivity contribution in [1.29, 1.82) is 0 Å². The van der Waals surface area contributed by atoms with E-state index < -0.39 is 12.0 Å². The summed E-state index contributed by atoms with van der Waals surface area (Å²) in [7, 11) is 0. The molecule has 0 saturated heterocycles. The van der Waals surface area contributed by atoms with E-state index in [4.69, 9.17) is 10.8 Å². The van der Waals surface area contributed by atoms with Gasteiger partial charge >= 0.3 is 5.97 Å². The Morgan fingerprint density at radius 3 is 2.43 bits per heavy atom. The van der Waals surface area contributed by atoms with Crippen molar-refractivity contribution in [2.24, 2.45) is 5.73 Å². The summed E-state index contributed by atoms with van der Waals surface area (Å²) in [6.45, 7) is 0. The Bertz CT molecular complexity index is 196. The third-order valence-electron chi connectivity index (χ3n) is 1.96. The van der Waals surface area contributed by atoms with Gasteiger partial charge in [-0.25, -0.2) is 0 Å². The van der Waals surface area contributed by atoms with Crippen LogP contribution in [0.4, 0.5) is 0 Å². The predicted octanol–water partition coefficient (Wildman–Crippen LogP) is 0.848. The second kappa shape index (κ2) is 7.82. The lowest BCUT2D eigenvalue weighted by molar-refractivity contribution is -0.138. The van der Waals surface area contributed by atoms with Crippen molar-refractivity contribution in [2.45, 2.75) is 38.1 Å². The second-order valence-corrected chi connectivity index (χ2v) is 3.56. The first-order valence-corrected chi connectivity index (χ1v) is 5.32. The molecule has 4 nitrogen and oxygen atoms in total. The molecule has 0 aromatic carbocycles. The van der Waals surface area contributed by atoms with Gasteiger partial charge in [-0.2, -0.15) is 12.6 Å². The standard InChI is InChI=1S/C9H17NO3S/c10-8(9(12)13)5-3-1-2-4-7(11)6-14/h8,14H,1-6,10H2,(H,12,13). The summed E-state index contributed by atoms with van der Waals surface area (Å²) < 4.78 is 0. The number of thiol groups is 1. The minimum absolute atomic E-state index is 0.135. The molecule has 5 heteroatoms. The number of hydrogen-bond acceptors (Lipinski definition) is 4. The van der Waals surface area contributed by atoms with E-state index in [0.717, 1.165) is 19.3 Å². The quantitative estimate of drug-likeness (QED) is 0.417. The molecule has 0 aliphatic heterocycles. The van der Waals surface area contributed by atoms with Gasteiger partial charge in [0.2, 0.25) is 0 Å². The zero-order chi connectivity index (χ0) is 11.0. The normalized spacial score (nSPS) is 12.4. The van der Waals surface area contributed by atoms with Crippen molar-refractivity contribution in [1.82, 2.24) is 0 Å². The van der Waals surface area contributed by atoms with Crippen LogP contribution in [-0.4, -0.2) is 28.7 Å². The molecular weight excluding hydrogens is 202 g/mol. The highest BCUT2D eigenvalue weighted by atomic mass is 32.1. The Hall–Kier alpha value is -0.550. The molecule has 0 aromatic rings. The Morgan fingerprint density at radius 1 is 1.29 bits per heavy atom. The molecule has 0 bridgehead atoms. The summed E-state index contributed by atoms with van der Waals surface area (Å²) in [4.78, 5) is 21.2. The molecule has 0 aromatic heterocycles. The number of carbonyl (C=O) groups is 2. The molecule has 3 N–H and O–H groups in total. The van der Waals surface area contributed by atoms with Crippen molar-refractivity contribution in [3.8, 4) is 0 Å². The minimum Gasteiger partial charge on any atom is -0.480 e. The van der Waals surface area contributed by atoms with Crippen LogP contribution in [0.3, 0.4) is 0 Å². The van der Waals surface area contributed by atoms with Gasteiger partial charge in [0.05, 0.1) is 0 Å². The maximum absolute atomic E-state index is 10.8. The Kier molecular flexibility index (Phi) is 7.51. The summed E-state index contributed by atoms with van der Waals surface area (Å²) in [6, 6.07) is -0.768. The van der Waals surface area contributed by atoms with Crippen LogP contribution in [0.25, 0.3) is 0 Å². The topological polar surface area (TPSA) is 80.4 Å². The number of unbranched alkanes of at least 4 members (excludes halogenated alkanes) is 2. The maximum atomic E-state index is 10.8. The molecule has 0 aliphatic carbocycles. The lowest BCUT2D eigenvalue weighted by atomic mass is 10.1. The summed E-state index contributed by atoms with van der Waals surface area (Å²) in [5.41, 5.74) is 5.31. The van der Waals surface area contributed by atoms with Gasteiger partial charge in [-0.15, -0.1) is 0 Å². The molecule has 1 unspecified atom stereocenters. The number of rotatable bonds is 8. The average molecular weight is 219 g/mol. The molecular formula is C9H17NO3S. The van der Waals surface area contributed by atoms with Crippen LogP contribution < -0.4 is 5.73 Å². The average Bonchev–Trinajstić information content (AvgIpc) is 2.16. The zero-order valence-electron chi connectivity index (χ0n) is 8.11. The molecule has 0 rings (SSSR count). The van der Waals surface area contributed by atoms with E-state index in [1.807, 2.05) is 0 Å². The number of carboxylic acids is 1. The Morgan fingerprint density at radius 2 is 1.93 bits per heavy atom. The van der Waals surface area contributed by atoms with Crippen LogP contribution in [0.2, 0.25) is 0 Å². The van der Waals surface area contributed by atoms with E-state index in [9.17, 15) is 9.59 Å². The van der Waals surface area contributed by atoms with Gasteiger partial charge in [0.1, 0.15) is 11.8 Å². The lowest BCUT2D eigenvalue weighted by Gasteiger charge is -2.04. The monoisotopic (exact) mass is 219 g/mol. The van der Waals surface area contributed by atoms with Crippen molar-refractivity contribution in [2.75, 3.05) is 5.75 Å². The fraction of sp³-hybridized carbons (Fsp3) is 0.778. The van der Waals surface area contributed by atoms with Crippen LogP contribution in [0.5, 0.6) is 0 Å². The Labute approximate surface area is 89.3 Å². The van der Waals surface area contributed by atoms with Gasteiger partial charge < -0.3 is 10.8 Å². The number of carboxylic acid groups (broad SMARTS) is 1. The van der Waals surface area contributed by atoms with Gasteiger partial charge in [-0.05, 0) is 12.8 Å². The summed E-state index contributed by atoms with van der Waals surface area (Å²) in [6.07, 6.45) is 3.41. The molecule has 82 valence electrons. The summed E-state index contributed by atoms with van der Waals surface area (Å²) >= 11 is 3.85. The number of aliphatic carboxylic acids is 1. The van der Waals surface area contributed by atoms with E-state index in [2.05, 4.69) is 12.6 Å². The van der Waals surface area contributed by atoms with E-state index in [1.54, 1.807) is 0 Å². The van der Waals surface area contributed by atoms with Crippen LogP contribution in [-0.2, 0) is 9.59 Å². The van der Waals surface area contributed by atoms with Crippen molar-refractivity contribution in [3.63, 3.8) is 0 Å². The highest BCUT2D eigenvalue weighted by molar-refractivity contribution is 7.81. The number of Topliss-reactive ketones (excluding diaryl/α,β-unsaturated/α-hetero) is 1. The largest absolute Gasteiger partial charge is 0.480 e. The summed E-state index contributed by atoms with van der Waals surface area (Å²) in [5.74, 6) is -0.540. The van der Waals surface area contributed by atoms with Gasteiger partial charge in [-0.1, -0.05) is 12.8 Å². The third-order valence-corrected chi connectivity index (χ3v) is 2.32. The van der Waals surface area contributed by atoms with Gasteiger partial charge in [-0.3, -0.25) is 9.59 Å². The van der Waals surface area contributed by atoms with Crippen LogP contribution >= 0.6 is 12.6 Å². The first-order valence-electron chi connectivity index (χ1n) is 4.69. The molecule has 0 amide bonds.